The molecular weight excluding hydrogens is 332 g/mol. The van der Waals surface area contributed by atoms with Crippen LogP contribution in [0.5, 0.6) is 0 Å². The summed E-state index contributed by atoms with van der Waals surface area (Å²) in [6, 6.07) is 14.1. The lowest BCUT2D eigenvalue weighted by Gasteiger charge is -2.28. The topological polar surface area (TPSA) is 61.2 Å². The molecule has 116 valence electrons. The number of fused-ring (bicyclic) bond motifs is 1. The lowest BCUT2D eigenvalue weighted by Crippen LogP contribution is -2.21. The maximum Gasteiger partial charge on any atom is 0.220 e. The molecule has 0 aromatic heterocycles. The highest BCUT2D eigenvalue weighted by Crippen LogP contribution is 2.40. The fourth-order valence-electron chi connectivity index (χ4n) is 2.51. The van der Waals surface area contributed by atoms with Gasteiger partial charge < -0.3 is 4.90 Å². The molecule has 0 radical (unpaired) electrons. The van der Waals surface area contributed by atoms with Gasteiger partial charge in [0.1, 0.15) is 6.07 Å². The van der Waals surface area contributed by atoms with Crippen LogP contribution in [0.2, 0.25) is 5.02 Å². The maximum atomic E-state index is 12.5. The lowest BCUT2D eigenvalue weighted by molar-refractivity contribution is 0.602. The maximum absolute atomic E-state index is 12.5. The second-order valence-corrected chi connectivity index (χ2v) is 7.44. The van der Waals surface area contributed by atoms with Crippen molar-refractivity contribution in [3.8, 4) is 6.07 Å². The molecule has 1 aliphatic rings. The predicted octanol–water partition coefficient (Wildman–Crippen LogP) is 4.19. The standard InChI is InChI=1S/C17H13ClN2O2S/c1-2-12-4-3-5-14(8-12)20-11-15(10-19)23(21,22)17-7-6-13(18)9-16(17)20/h3-9,11H,2H2,1H3. The van der Waals surface area contributed by atoms with Gasteiger partial charge in [-0.2, -0.15) is 5.26 Å². The smallest absolute Gasteiger partial charge is 0.220 e. The van der Waals surface area contributed by atoms with E-state index in [9.17, 15) is 13.7 Å². The van der Waals surface area contributed by atoms with Crippen LogP contribution >= 0.6 is 11.6 Å². The summed E-state index contributed by atoms with van der Waals surface area (Å²) in [6.45, 7) is 2.04. The van der Waals surface area contributed by atoms with E-state index in [4.69, 9.17) is 11.6 Å². The van der Waals surface area contributed by atoms with Crippen LogP contribution in [-0.2, 0) is 16.3 Å². The molecule has 4 nitrogen and oxygen atoms in total. The first-order valence-corrected chi connectivity index (χ1v) is 8.88. The van der Waals surface area contributed by atoms with Gasteiger partial charge in [-0.3, -0.25) is 0 Å². The Kier molecular flexibility index (Phi) is 3.88. The highest BCUT2D eigenvalue weighted by atomic mass is 35.5. The van der Waals surface area contributed by atoms with Gasteiger partial charge in [0.25, 0.3) is 0 Å². The normalized spacial score (nSPS) is 15.5. The van der Waals surface area contributed by atoms with Crippen LogP contribution in [0.1, 0.15) is 12.5 Å². The van der Waals surface area contributed by atoms with E-state index >= 15 is 0 Å². The van der Waals surface area contributed by atoms with Crippen LogP contribution in [0.4, 0.5) is 11.4 Å². The number of benzene rings is 2. The number of nitrogens with zero attached hydrogens (tertiary/aromatic N) is 2. The molecule has 6 heteroatoms. The predicted molar refractivity (Wildman–Crippen MR) is 90.3 cm³/mol. The summed E-state index contributed by atoms with van der Waals surface area (Å²) in [5.74, 6) is 0. The zero-order valence-electron chi connectivity index (χ0n) is 12.3. The Morgan fingerprint density at radius 1 is 1.22 bits per heavy atom. The van der Waals surface area contributed by atoms with Crippen molar-refractivity contribution < 1.29 is 8.42 Å². The molecule has 0 bridgehead atoms. The molecule has 0 amide bonds. The molecule has 1 heterocycles. The van der Waals surface area contributed by atoms with Crippen LogP contribution in [0.15, 0.2) is 58.5 Å². The third-order valence-corrected chi connectivity index (χ3v) is 5.65. The minimum Gasteiger partial charge on any atom is -0.314 e. The van der Waals surface area contributed by atoms with E-state index in [1.165, 1.54) is 18.3 Å². The molecule has 0 unspecified atom stereocenters. The fraction of sp³-hybridized carbons (Fsp3) is 0.118. The number of hydrogen-bond donors (Lipinski definition) is 0. The molecule has 3 rings (SSSR count). The number of aryl methyl sites for hydroxylation is 1. The van der Waals surface area contributed by atoms with Gasteiger partial charge in [0.15, 0.2) is 4.91 Å². The minimum absolute atomic E-state index is 0.0860. The van der Waals surface area contributed by atoms with Crippen molar-refractivity contribution >= 4 is 32.8 Å². The van der Waals surface area contributed by atoms with Crippen LogP contribution in [0, 0.1) is 11.3 Å². The number of rotatable bonds is 2. The van der Waals surface area contributed by atoms with E-state index in [0.29, 0.717) is 10.7 Å². The van der Waals surface area contributed by atoms with Crippen LogP contribution in [0.25, 0.3) is 0 Å². The van der Waals surface area contributed by atoms with Crippen LogP contribution in [-0.4, -0.2) is 8.42 Å². The number of hydrogen-bond acceptors (Lipinski definition) is 4. The monoisotopic (exact) mass is 344 g/mol. The van der Waals surface area contributed by atoms with Gasteiger partial charge in [0.05, 0.1) is 10.6 Å². The average molecular weight is 345 g/mol. The molecule has 0 saturated heterocycles. The molecule has 23 heavy (non-hydrogen) atoms. The Balaban J connectivity index is 2.28. The summed E-state index contributed by atoms with van der Waals surface area (Å²) in [6.07, 6.45) is 2.21. The van der Waals surface area contributed by atoms with E-state index in [1.54, 1.807) is 17.0 Å². The molecule has 2 aromatic carbocycles. The molecule has 0 N–H and O–H groups in total. The summed E-state index contributed by atoms with van der Waals surface area (Å²) in [5.41, 5.74) is 2.35. The largest absolute Gasteiger partial charge is 0.314 e. The summed E-state index contributed by atoms with van der Waals surface area (Å²) in [5, 5.41) is 9.66. The number of sulfone groups is 1. The van der Waals surface area contributed by atoms with Gasteiger partial charge in [-0.25, -0.2) is 8.42 Å². The van der Waals surface area contributed by atoms with Crippen molar-refractivity contribution in [1.29, 1.82) is 5.26 Å². The SMILES string of the molecule is CCc1cccc(N2C=C(C#N)S(=O)(=O)c3ccc(Cl)cc32)c1. The van der Waals surface area contributed by atoms with E-state index in [2.05, 4.69) is 0 Å². The molecule has 0 saturated carbocycles. The number of halogens is 1. The van der Waals surface area contributed by atoms with Gasteiger partial charge >= 0.3 is 0 Å². The van der Waals surface area contributed by atoms with Gasteiger partial charge in [-0.1, -0.05) is 30.7 Å². The quantitative estimate of drug-likeness (QED) is 0.819. The first-order valence-electron chi connectivity index (χ1n) is 7.02. The summed E-state index contributed by atoms with van der Waals surface area (Å²) in [7, 11) is -3.81. The van der Waals surface area contributed by atoms with E-state index in [-0.39, 0.29) is 9.80 Å². The Labute approximate surface area is 140 Å². The van der Waals surface area contributed by atoms with Gasteiger partial charge in [-0.15, -0.1) is 0 Å². The molecule has 0 fully saturated rings. The highest BCUT2D eigenvalue weighted by molar-refractivity contribution is 7.95. The highest BCUT2D eigenvalue weighted by Gasteiger charge is 2.32. The minimum atomic E-state index is -3.81. The van der Waals surface area contributed by atoms with Crippen molar-refractivity contribution in [1.82, 2.24) is 0 Å². The number of allylic oxidation sites excluding steroid dienone is 1. The fourth-order valence-corrected chi connectivity index (χ4v) is 3.96. The average Bonchev–Trinajstić information content (AvgIpc) is 2.54. The Bertz CT molecular complexity index is 959. The van der Waals surface area contributed by atoms with Gasteiger partial charge in [-0.05, 0) is 42.3 Å². The first kappa shape index (κ1) is 15.6. The van der Waals surface area contributed by atoms with Crippen LogP contribution < -0.4 is 4.90 Å². The van der Waals surface area contributed by atoms with Crippen molar-refractivity contribution in [2.75, 3.05) is 4.90 Å². The summed E-state index contributed by atoms with van der Waals surface area (Å²) >= 11 is 6.04. The summed E-state index contributed by atoms with van der Waals surface area (Å²) < 4.78 is 25.0. The van der Waals surface area contributed by atoms with Crippen molar-refractivity contribution in [3.05, 3.63) is 64.2 Å². The van der Waals surface area contributed by atoms with Gasteiger partial charge in [0, 0.05) is 16.9 Å². The lowest BCUT2D eigenvalue weighted by atomic mass is 10.1. The summed E-state index contributed by atoms with van der Waals surface area (Å²) in [4.78, 5) is 1.50. The van der Waals surface area contributed by atoms with Gasteiger partial charge in [0.2, 0.25) is 9.84 Å². The van der Waals surface area contributed by atoms with E-state index in [0.717, 1.165) is 17.7 Å². The molecule has 2 aromatic rings. The molecule has 0 aliphatic carbocycles. The molecule has 0 atom stereocenters. The van der Waals surface area contributed by atoms with E-state index < -0.39 is 9.84 Å². The van der Waals surface area contributed by atoms with Crippen molar-refractivity contribution in [2.45, 2.75) is 18.2 Å². The molecular formula is C17H13ClN2O2S. The Morgan fingerprint density at radius 2 is 2.00 bits per heavy atom. The third-order valence-electron chi connectivity index (χ3n) is 3.71. The second kappa shape index (κ2) is 5.73. The second-order valence-electron chi connectivity index (χ2n) is 5.11. The zero-order chi connectivity index (χ0) is 16.6. The number of anilines is 2. The Hall–Kier alpha value is -2.29. The zero-order valence-corrected chi connectivity index (χ0v) is 13.9. The molecule has 0 spiro atoms. The number of nitriles is 1. The Morgan fingerprint density at radius 3 is 2.70 bits per heavy atom. The van der Waals surface area contributed by atoms with E-state index in [1.807, 2.05) is 31.2 Å². The first-order chi connectivity index (χ1) is 11.0. The molecule has 1 aliphatic heterocycles. The third kappa shape index (κ3) is 2.61. The van der Waals surface area contributed by atoms with Crippen molar-refractivity contribution in [2.24, 2.45) is 0 Å². The van der Waals surface area contributed by atoms with Crippen molar-refractivity contribution in [3.63, 3.8) is 0 Å². The van der Waals surface area contributed by atoms with Crippen LogP contribution in [0.3, 0.4) is 0 Å².